The number of carbonyl (C=O) groups excluding carboxylic acids is 2. The average molecular weight is 866 g/mol. The maximum absolute atomic E-state index is 15.6. The molecule has 2 amide bonds. The number of sulfone groups is 1. The van der Waals surface area contributed by atoms with Crippen molar-refractivity contribution in [1.29, 1.82) is 0 Å². The minimum atomic E-state index is -3.86. The molecular weight excluding hydrogens is 811 g/mol. The molecular formula is C42H55Cl3N4O7S. The van der Waals surface area contributed by atoms with Crippen LogP contribution >= 0.6 is 34.8 Å². The number of halogens is 3. The third kappa shape index (κ3) is 9.76. The van der Waals surface area contributed by atoms with Crippen molar-refractivity contribution in [2.45, 2.75) is 75.5 Å². The number of hydrogen-bond donors (Lipinski definition) is 2. The smallest absolute Gasteiger partial charge is 0.262 e. The molecule has 2 fully saturated rings. The summed E-state index contributed by atoms with van der Waals surface area (Å²) in [5.74, 6) is 0.00134. The van der Waals surface area contributed by atoms with Gasteiger partial charge in [-0.3, -0.25) is 20.2 Å². The molecule has 57 heavy (non-hydrogen) atoms. The van der Waals surface area contributed by atoms with Gasteiger partial charge in [-0.05, 0) is 94.8 Å². The van der Waals surface area contributed by atoms with E-state index in [1.807, 2.05) is 58.9 Å². The molecule has 5 rings (SSSR count). The van der Waals surface area contributed by atoms with Gasteiger partial charge in [0.05, 0.1) is 40.8 Å². The van der Waals surface area contributed by atoms with Crippen LogP contribution in [0.4, 0.5) is 0 Å². The van der Waals surface area contributed by atoms with Gasteiger partial charge in [-0.2, -0.15) is 0 Å². The molecule has 3 atom stereocenters. The number of hydrogen-bond acceptors (Lipinski definition) is 9. The van der Waals surface area contributed by atoms with Crippen molar-refractivity contribution < 1.29 is 32.2 Å². The first kappa shape index (κ1) is 45.1. The predicted molar refractivity (Wildman–Crippen MR) is 225 cm³/mol. The number of amides is 2. The largest absolute Gasteiger partial charge is 0.493 e. The Hall–Kier alpha value is -2.94. The van der Waals surface area contributed by atoms with Crippen molar-refractivity contribution in [2.75, 3.05) is 65.5 Å². The van der Waals surface area contributed by atoms with Gasteiger partial charge in [0.15, 0.2) is 15.5 Å². The molecule has 0 bridgehead atoms. The SMILES string of the molecule is CCOCCN(CCOCC)C(=O)CC1CCN(C(=O)C2(c3cc(S(C)(=O)=O)c(Cl)cc3OCC)N[C@@](C)(c3ccc(Cl)cc3)[C@@](C)(c3ccc(Cl)cc3)N2)CC1. The van der Waals surface area contributed by atoms with Gasteiger partial charge in [0, 0.05) is 73.7 Å². The van der Waals surface area contributed by atoms with Gasteiger partial charge in [-0.15, -0.1) is 0 Å². The second-order valence-corrected chi connectivity index (χ2v) is 18.2. The zero-order valence-corrected chi connectivity index (χ0v) is 36.7. The monoisotopic (exact) mass is 864 g/mol. The highest BCUT2D eigenvalue weighted by Gasteiger charge is 2.65. The molecule has 312 valence electrons. The Balaban J connectivity index is 1.58. The van der Waals surface area contributed by atoms with E-state index >= 15 is 4.79 Å². The van der Waals surface area contributed by atoms with E-state index in [1.54, 1.807) is 34.1 Å². The number of carbonyl (C=O) groups is 2. The van der Waals surface area contributed by atoms with E-state index < -0.39 is 26.6 Å². The standard InChI is InChI=1S/C42H55Cl3N4O7S/c1-7-54-24-22-48(23-25-55-8-2)38(50)26-29-18-20-49(21-19-29)39(51)42(34-27-37(57(6,52)53)35(45)28-36(34)56-9-3)46-40(4,30-10-14-32(43)15-11-30)41(5,47-42)31-12-16-33(44)17-13-31/h10-17,27-29,46-47H,7-9,18-26H2,1-6H3/t40-,41+,42?. The molecule has 15 heteroatoms. The second-order valence-electron chi connectivity index (χ2n) is 15.0. The van der Waals surface area contributed by atoms with Crippen molar-refractivity contribution in [2.24, 2.45) is 5.92 Å². The molecule has 0 saturated carbocycles. The lowest BCUT2D eigenvalue weighted by molar-refractivity contribution is -0.142. The summed E-state index contributed by atoms with van der Waals surface area (Å²) in [5, 5.41) is 8.59. The third-order valence-electron chi connectivity index (χ3n) is 11.3. The van der Waals surface area contributed by atoms with E-state index in [2.05, 4.69) is 10.6 Å². The lowest BCUT2D eigenvalue weighted by atomic mass is 9.72. The van der Waals surface area contributed by atoms with E-state index in [0.29, 0.717) is 81.9 Å². The van der Waals surface area contributed by atoms with Gasteiger partial charge >= 0.3 is 0 Å². The summed E-state index contributed by atoms with van der Waals surface area (Å²) in [7, 11) is -3.86. The van der Waals surface area contributed by atoms with Crippen LogP contribution in [0.3, 0.4) is 0 Å². The molecule has 3 aromatic carbocycles. The molecule has 0 radical (unpaired) electrons. The molecule has 0 spiro atoms. The summed E-state index contributed by atoms with van der Waals surface area (Å²) in [6.07, 6.45) is 2.61. The van der Waals surface area contributed by atoms with Gasteiger partial charge < -0.3 is 24.0 Å². The Morgan fingerprint density at radius 2 is 1.30 bits per heavy atom. The van der Waals surface area contributed by atoms with Gasteiger partial charge in [0.25, 0.3) is 5.91 Å². The fraction of sp³-hybridized carbons (Fsp3) is 0.524. The number of piperidine rings is 1. The normalized spacial score (nSPS) is 22.8. The minimum absolute atomic E-state index is 0.0201. The van der Waals surface area contributed by atoms with Crippen LogP contribution in [0.25, 0.3) is 0 Å². The molecule has 2 aliphatic heterocycles. The van der Waals surface area contributed by atoms with Crippen molar-refractivity contribution in [3.63, 3.8) is 0 Å². The lowest BCUT2D eigenvalue weighted by Gasteiger charge is -2.41. The molecule has 3 aromatic rings. The maximum Gasteiger partial charge on any atom is 0.262 e. The zero-order valence-electron chi connectivity index (χ0n) is 33.6. The molecule has 11 nitrogen and oxygen atoms in total. The van der Waals surface area contributed by atoms with Gasteiger partial charge in [0.1, 0.15) is 5.75 Å². The van der Waals surface area contributed by atoms with Crippen LogP contribution in [-0.4, -0.2) is 95.5 Å². The van der Waals surface area contributed by atoms with Crippen LogP contribution in [0.2, 0.25) is 15.1 Å². The summed E-state index contributed by atoms with van der Waals surface area (Å²) in [6.45, 7) is 13.6. The van der Waals surface area contributed by atoms with E-state index in [4.69, 9.17) is 49.0 Å². The summed E-state index contributed by atoms with van der Waals surface area (Å²) in [5.41, 5.74) is -1.92. The number of rotatable bonds is 17. The first-order valence-corrected chi connectivity index (χ1v) is 22.6. The number of ether oxygens (including phenoxy) is 3. The lowest BCUT2D eigenvalue weighted by Crippen LogP contribution is -2.61. The molecule has 1 unspecified atom stereocenters. The molecule has 2 saturated heterocycles. The Kier molecular flexibility index (Phi) is 15.0. The van der Waals surface area contributed by atoms with Crippen LogP contribution in [0, 0.1) is 5.92 Å². The van der Waals surface area contributed by atoms with Crippen LogP contribution < -0.4 is 15.4 Å². The average Bonchev–Trinajstić information content (AvgIpc) is 3.43. The molecule has 2 aliphatic rings. The quantitative estimate of drug-likeness (QED) is 0.136. The molecule has 2 heterocycles. The van der Waals surface area contributed by atoms with Gasteiger partial charge in [-0.25, -0.2) is 8.42 Å². The van der Waals surface area contributed by atoms with Gasteiger partial charge in [-0.1, -0.05) is 59.1 Å². The Morgan fingerprint density at radius 3 is 1.74 bits per heavy atom. The Morgan fingerprint density at radius 1 is 0.807 bits per heavy atom. The molecule has 0 aliphatic carbocycles. The predicted octanol–water partition coefficient (Wildman–Crippen LogP) is 7.16. The highest BCUT2D eigenvalue weighted by molar-refractivity contribution is 7.90. The van der Waals surface area contributed by atoms with Crippen LogP contribution in [0.5, 0.6) is 5.75 Å². The second kappa shape index (κ2) is 19.0. The fourth-order valence-corrected chi connectivity index (χ4v) is 9.59. The summed E-state index contributed by atoms with van der Waals surface area (Å²) < 4.78 is 43.7. The van der Waals surface area contributed by atoms with E-state index in [-0.39, 0.29) is 45.6 Å². The van der Waals surface area contributed by atoms with Crippen LogP contribution in [0.1, 0.15) is 70.6 Å². The first-order chi connectivity index (χ1) is 27.0. The number of likely N-dealkylation sites (tertiary alicyclic amines) is 1. The van der Waals surface area contributed by atoms with E-state index in [0.717, 1.165) is 17.4 Å². The topological polar surface area (TPSA) is 127 Å². The minimum Gasteiger partial charge on any atom is -0.493 e. The van der Waals surface area contributed by atoms with Crippen molar-refractivity contribution in [1.82, 2.24) is 20.4 Å². The third-order valence-corrected chi connectivity index (χ3v) is 13.4. The fourth-order valence-electron chi connectivity index (χ4n) is 8.02. The van der Waals surface area contributed by atoms with Gasteiger partial charge in [0.2, 0.25) is 5.91 Å². The van der Waals surface area contributed by atoms with Crippen molar-refractivity contribution in [3.05, 3.63) is 92.4 Å². The van der Waals surface area contributed by atoms with E-state index in [1.165, 1.54) is 12.1 Å². The molecule has 2 N–H and O–H groups in total. The summed E-state index contributed by atoms with van der Waals surface area (Å²) in [6, 6.07) is 17.7. The Labute approximate surface area is 352 Å². The van der Waals surface area contributed by atoms with Crippen molar-refractivity contribution in [3.8, 4) is 5.75 Å². The van der Waals surface area contributed by atoms with Crippen LogP contribution in [0.15, 0.2) is 65.6 Å². The first-order valence-electron chi connectivity index (χ1n) is 19.5. The zero-order chi connectivity index (χ0) is 41.6. The highest BCUT2D eigenvalue weighted by Crippen LogP contribution is 2.52. The highest BCUT2D eigenvalue weighted by atomic mass is 35.5. The van der Waals surface area contributed by atoms with E-state index in [9.17, 15) is 13.2 Å². The summed E-state index contributed by atoms with van der Waals surface area (Å²) in [4.78, 5) is 32.6. The summed E-state index contributed by atoms with van der Waals surface area (Å²) >= 11 is 19.4. The Bertz CT molecular complexity index is 1910. The number of nitrogens with one attached hydrogen (secondary N) is 2. The molecule has 0 aromatic heterocycles. The number of benzene rings is 3. The number of nitrogens with zero attached hydrogens (tertiary/aromatic N) is 2. The van der Waals surface area contributed by atoms with Crippen LogP contribution in [-0.2, 0) is 45.6 Å². The maximum atomic E-state index is 15.6. The van der Waals surface area contributed by atoms with Crippen molar-refractivity contribution >= 4 is 56.5 Å².